The van der Waals surface area contributed by atoms with Crippen LogP contribution in [0.3, 0.4) is 0 Å². The van der Waals surface area contributed by atoms with Crippen LogP contribution in [0, 0.1) is 12.3 Å². The van der Waals surface area contributed by atoms with Crippen molar-refractivity contribution < 1.29 is 13.2 Å². The molecule has 0 unspecified atom stereocenters. The average Bonchev–Trinajstić information content (AvgIpc) is 2.16. The van der Waals surface area contributed by atoms with Crippen molar-refractivity contribution in [3.05, 3.63) is 34.3 Å². The van der Waals surface area contributed by atoms with Gasteiger partial charge in [-0.05, 0) is 37.6 Å². The number of halogens is 4. The van der Waals surface area contributed by atoms with Crippen molar-refractivity contribution >= 4 is 11.6 Å². The summed E-state index contributed by atoms with van der Waals surface area (Å²) in [6, 6.07) is 3.17. The van der Waals surface area contributed by atoms with Crippen LogP contribution in [0.5, 0.6) is 0 Å². The molecule has 0 nitrogen and oxygen atoms in total. The molecule has 0 aliphatic rings. The molecule has 0 aromatic heterocycles. The van der Waals surface area contributed by atoms with Crippen LogP contribution in [0.2, 0.25) is 5.02 Å². The molecule has 4 heteroatoms. The van der Waals surface area contributed by atoms with Gasteiger partial charge in [-0.2, -0.15) is 13.2 Å². The molecule has 0 aliphatic carbocycles. The standard InChI is InChI=1S/C12H10ClF3/c1-4-11(2,3)9-7-8(12(14,15)16)5-6-10(9)13/h1,5-7H,2-3H3. The van der Waals surface area contributed by atoms with Crippen LogP contribution >= 0.6 is 11.6 Å². The minimum atomic E-state index is -4.38. The fourth-order valence-electron chi connectivity index (χ4n) is 1.26. The van der Waals surface area contributed by atoms with Crippen LogP contribution in [0.4, 0.5) is 13.2 Å². The highest BCUT2D eigenvalue weighted by Gasteiger charge is 2.32. The van der Waals surface area contributed by atoms with Crippen molar-refractivity contribution in [3.63, 3.8) is 0 Å². The quantitative estimate of drug-likeness (QED) is 0.649. The molecule has 0 saturated carbocycles. The Labute approximate surface area is 97.4 Å². The van der Waals surface area contributed by atoms with Gasteiger partial charge < -0.3 is 0 Å². The van der Waals surface area contributed by atoms with Gasteiger partial charge in [0.15, 0.2) is 0 Å². The molecule has 0 atom stereocenters. The Morgan fingerprint density at radius 2 is 1.81 bits per heavy atom. The van der Waals surface area contributed by atoms with Gasteiger partial charge in [0.05, 0.1) is 11.0 Å². The monoisotopic (exact) mass is 246 g/mol. The molecule has 1 aromatic carbocycles. The lowest BCUT2D eigenvalue weighted by Gasteiger charge is -2.21. The SMILES string of the molecule is C#CC(C)(C)c1cc(C(F)(F)F)ccc1Cl. The second-order valence-corrected chi connectivity index (χ2v) is 4.37. The number of terminal acetylenes is 1. The number of hydrogen-bond acceptors (Lipinski definition) is 0. The van der Waals surface area contributed by atoms with Crippen molar-refractivity contribution in [1.29, 1.82) is 0 Å². The molecule has 0 N–H and O–H groups in total. The summed E-state index contributed by atoms with van der Waals surface area (Å²) in [4.78, 5) is 0. The summed E-state index contributed by atoms with van der Waals surface area (Å²) in [5.41, 5.74) is -1.25. The summed E-state index contributed by atoms with van der Waals surface area (Å²) < 4.78 is 37.5. The third-order valence-corrected chi connectivity index (χ3v) is 2.66. The van der Waals surface area contributed by atoms with Gasteiger partial charge in [0.2, 0.25) is 0 Å². The van der Waals surface area contributed by atoms with Crippen LogP contribution in [-0.4, -0.2) is 0 Å². The van der Waals surface area contributed by atoms with Gasteiger partial charge >= 0.3 is 6.18 Å². The molecule has 0 fully saturated rings. The first kappa shape index (κ1) is 12.9. The van der Waals surface area contributed by atoms with Gasteiger partial charge in [0, 0.05) is 5.02 Å². The van der Waals surface area contributed by atoms with Crippen molar-refractivity contribution in [2.45, 2.75) is 25.4 Å². The summed E-state index contributed by atoms with van der Waals surface area (Å²) in [7, 11) is 0. The van der Waals surface area contributed by atoms with Gasteiger partial charge in [-0.25, -0.2) is 0 Å². The smallest absolute Gasteiger partial charge is 0.166 e. The second-order valence-electron chi connectivity index (χ2n) is 3.96. The van der Waals surface area contributed by atoms with Crippen LogP contribution in [0.25, 0.3) is 0 Å². The Balaban J connectivity index is 3.37. The van der Waals surface area contributed by atoms with E-state index in [0.29, 0.717) is 5.56 Å². The van der Waals surface area contributed by atoms with Crippen LogP contribution in [0.1, 0.15) is 25.0 Å². The Hall–Kier alpha value is -1.14. The Kier molecular flexibility index (Phi) is 3.25. The molecule has 16 heavy (non-hydrogen) atoms. The van der Waals surface area contributed by atoms with E-state index in [0.717, 1.165) is 12.1 Å². The van der Waals surface area contributed by atoms with Crippen molar-refractivity contribution in [1.82, 2.24) is 0 Å². The van der Waals surface area contributed by atoms with Gasteiger partial charge in [0.1, 0.15) is 0 Å². The molecule has 0 aliphatic heterocycles. The van der Waals surface area contributed by atoms with E-state index < -0.39 is 17.2 Å². The average molecular weight is 247 g/mol. The van der Waals surface area contributed by atoms with Crippen LogP contribution in [-0.2, 0) is 11.6 Å². The summed E-state index contributed by atoms with van der Waals surface area (Å²) in [5.74, 6) is 2.43. The molecule has 0 saturated heterocycles. The zero-order valence-corrected chi connectivity index (χ0v) is 9.58. The summed E-state index contributed by atoms with van der Waals surface area (Å²) >= 11 is 5.85. The lowest BCUT2D eigenvalue weighted by atomic mass is 9.85. The first-order chi connectivity index (χ1) is 7.18. The number of hydrogen-bond donors (Lipinski definition) is 0. The van der Waals surface area contributed by atoms with Gasteiger partial charge in [0.25, 0.3) is 0 Å². The van der Waals surface area contributed by atoms with E-state index >= 15 is 0 Å². The van der Waals surface area contributed by atoms with Gasteiger partial charge in [-0.15, -0.1) is 6.42 Å². The predicted octanol–water partition coefficient (Wildman–Crippen LogP) is 4.27. The van der Waals surface area contributed by atoms with E-state index in [9.17, 15) is 13.2 Å². The molecular weight excluding hydrogens is 237 g/mol. The molecule has 0 bridgehead atoms. The van der Waals surface area contributed by atoms with Crippen LogP contribution in [0.15, 0.2) is 18.2 Å². The third-order valence-electron chi connectivity index (χ3n) is 2.33. The number of alkyl halides is 3. The van der Waals surface area contributed by atoms with Gasteiger partial charge in [-0.3, -0.25) is 0 Å². The number of benzene rings is 1. The van der Waals surface area contributed by atoms with E-state index in [1.165, 1.54) is 6.07 Å². The van der Waals surface area contributed by atoms with Crippen molar-refractivity contribution in [2.75, 3.05) is 0 Å². The molecule has 0 amide bonds. The van der Waals surface area contributed by atoms with E-state index in [2.05, 4.69) is 5.92 Å². The minimum absolute atomic E-state index is 0.246. The summed E-state index contributed by atoms with van der Waals surface area (Å²) in [6.45, 7) is 3.29. The molecule has 0 radical (unpaired) electrons. The Morgan fingerprint density at radius 3 is 2.25 bits per heavy atom. The topological polar surface area (TPSA) is 0 Å². The maximum absolute atomic E-state index is 12.5. The third kappa shape index (κ3) is 2.51. The highest BCUT2D eigenvalue weighted by molar-refractivity contribution is 6.31. The zero-order chi connectivity index (χ0) is 12.6. The predicted molar refractivity (Wildman–Crippen MR) is 58.3 cm³/mol. The maximum atomic E-state index is 12.5. The lowest BCUT2D eigenvalue weighted by Crippen LogP contribution is -2.16. The molecule has 0 spiro atoms. The van der Waals surface area contributed by atoms with E-state index in [1.807, 2.05) is 0 Å². The fraction of sp³-hybridized carbons (Fsp3) is 0.333. The van der Waals surface area contributed by atoms with E-state index in [1.54, 1.807) is 13.8 Å². The Bertz CT molecular complexity index is 439. The molecule has 0 heterocycles. The highest BCUT2D eigenvalue weighted by atomic mass is 35.5. The Morgan fingerprint density at radius 1 is 1.25 bits per heavy atom. The van der Waals surface area contributed by atoms with E-state index in [-0.39, 0.29) is 5.02 Å². The molecule has 1 rings (SSSR count). The second kappa shape index (κ2) is 4.03. The lowest BCUT2D eigenvalue weighted by molar-refractivity contribution is -0.137. The van der Waals surface area contributed by atoms with Crippen LogP contribution < -0.4 is 0 Å². The van der Waals surface area contributed by atoms with Gasteiger partial charge in [-0.1, -0.05) is 17.5 Å². The first-order valence-electron chi connectivity index (χ1n) is 4.53. The molecule has 1 aromatic rings. The van der Waals surface area contributed by atoms with Crippen molar-refractivity contribution in [2.24, 2.45) is 0 Å². The largest absolute Gasteiger partial charge is 0.416 e. The first-order valence-corrected chi connectivity index (χ1v) is 4.91. The highest BCUT2D eigenvalue weighted by Crippen LogP contribution is 2.36. The minimum Gasteiger partial charge on any atom is -0.166 e. The maximum Gasteiger partial charge on any atom is 0.416 e. The van der Waals surface area contributed by atoms with E-state index in [4.69, 9.17) is 18.0 Å². The zero-order valence-electron chi connectivity index (χ0n) is 8.82. The fourth-order valence-corrected chi connectivity index (χ4v) is 1.61. The molecular formula is C12H10ClF3. The molecule has 86 valence electrons. The summed E-state index contributed by atoms with van der Waals surface area (Å²) in [6.07, 6.45) is 0.892. The normalized spacial score (nSPS) is 12.3. The number of rotatable bonds is 1. The summed E-state index contributed by atoms with van der Waals surface area (Å²) in [5, 5.41) is 0.246. The van der Waals surface area contributed by atoms with Crippen molar-refractivity contribution in [3.8, 4) is 12.3 Å².